The first-order valence-electron chi connectivity index (χ1n) is 9.63. The number of piperazine rings is 1. The highest BCUT2D eigenvalue weighted by atomic mass is 16.6. The highest BCUT2D eigenvalue weighted by Gasteiger charge is 2.23. The molecule has 0 aliphatic carbocycles. The lowest BCUT2D eigenvalue weighted by Gasteiger charge is -2.34. The number of ether oxygens (including phenoxy) is 2. The number of amides is 1. The molecule has 0 bridgehead atoms. The maximum absolute atomic E-state index is 11.9. The van der Waals surface area contributed by atoms with Crippen LogP contribution in [0.4, 0.5) is 10.6 Å². The minimum Gasteiger partial charge on any atom is -0.481 e. The van der Waals surface area contributed by atoms with Gasteiger partial charge in [0, 0.05) is 43.6 Å². The van der Waals surface area contributed by atoms with Crippen LogP contribution in [0.3, 0.4) is 0 Å². The molecule has 1 aliphatic heterocycles. The third-order valence-electron chi connectivity index (χ3n) is 4.97. The summed E-state index contributed by atoms with van der Waals surface area (Å²) in [6.07, 6.45) is 3.42. The third kappa shape index (κ3) is 3.67. The van der Waals surface area contributed by atoms with E-state index in [0.29, 0.717) is 38.7 Å². The van der Waals surface area contributed by atoms with E-state index in [9.17, 15) is 4.79 Å². The fourth-order valence-corrected chi connectivity index (χ4v) is 3.45. The molecule has 29 heavy (non-hydrogen) atoms. The lowest BCUT2D eigenvalue weighted by molar-refractivity contribution is 0.105. The van der Waals surface area contributed by atoms with Gasteiger partial charge >= 0.3 is 6.09 Å². The van der Waals surface area contributed by atoms with Crippen LogP contribution in [0.1, 0.15) is 12.6 Å². The summed E-state index contributed by atoms with van der Waals surface area (Å²) in [6.45, 7) is 6.73. The van der Waals surface area contributed by atoms with Gasteiger partial charge in [0.25, 0.3) is 0 Å². The summed E-state index contributed by atoms with van der Waals surface area (Å²) in [7, 11) is 1.61. The van der Waals surface area contributed by atoms with Crippen LogP contribution in [0.15, 0.2) is 30.6 Å². The second-order valence-electron chi connectivity index (χ2n) is 6.79. The molecule has 9 heteroatoms. The number of rotatable bonds is 4. The van der Waals surface area contributed by atoms with Gasteiger partial charge in [0.15, 0.2) is 5.65 Å². The van der Waals surface area contributed by atoms with Crippen molar-refractivity contribution in [1.29, 1.82) is 0 Å². The Balaban J connectivity index is 1.61. The van der Waals surface area contributed by atoms with Crippen molar-refractivity contribution >= 4 is 17.6 Å². The Kier molecular flexibility index (Phi) is 5.20. The number of aromatic nitrogens is 4. The van der Waals surface area contributed by atoms with Gasteiger partial charge in [-0.25, -0.2) is 19.3 Å². The van der Waals surface area contributed by atoms with Crippen LogP contribution in [-0.4, -0.2) is 70.5 Å². The number of fused-ring (bicyclic) bond motifs is 1. The fraction of sp³-hybridized carbons (Fsp3) is 0.400. The standard InChI is InChI=1S/C20H24N6O3/c1-4-29-20(27)25-11-9-24(10-12-25)17-7-8-26-18(23-17)16(13-21-26)15-6-5-14(2)22-19(15)28-3/h5-8,13H,4,9-12H2,1-3H3. The van der Waals surface area contributed by atoms with Crippen LogP contribution in [0.2, 0.25) is 0 Å². The molecule has 9 nitrogen and oxygen atoms in total. The Morgan fingerprint density at radius 3 is 2.62 bits per heavy atom. The van der Waals surface area contributed by atoms with Crippen molar-refractivity contribution in [2.75, 3.05) is 44.8 Å². The van der Waals surface area contributed by atoms with Crippen molar-refractivity contribution < 1.29 is 14.3 Å². The molecule has 0 N–H and O–H groups in total. The first kappa shape index (κ1) is 19.0. The summed E-state index contributed by atoms with van der Waals surface area (Å²) in [5.74, 6) is 1.40. The number of carbonyl (C=O) groups excluding carboxylic acids is 1. The van der Waals surface area contributed by atoms with E-state index in [0.717, 1.165) is 28.3 Å². The monoisotopic (exact) mass is 396 g/mol. The van der Waals surface area contributed by atoms with E-state index < -0.39 is 0 Å². The minimum atomic E-state index is -0.257. The molecule has 0 radical (unpaired) electrons. The maximum atomic E-state index is 11.9. The lowest BCUT2D eigenvalue weighted by atomic mass is 10.1. The summed E-state index contributed by atoms with van der Waals surface area (Å²) in [6, 6.07) is 5.86. The number of carbonyl (C=O) groups is 1. The quantitative estimate of drug-likeness (QED) is 0.669. The molecule has 1 aliphatic rings. The molecule has 3 aromatic rings. The molecule has 0 saturated carbocycles. The Morgan fingerprint density at radius 1 is 1.10 bits per heavy atom. The van der Waals surface area contributed by atoms with Gasteiger partial charge in [0.05, 0.1) is 25.5 Å². The summed E-state index contributed by atoms with van der Waals surface area (Å²) in [5, 5.41) is 4.42. The van der Waals surface area contributed by atoms with Crippen molar-refractivity contribution in [2.24, 2.45) is 0 Å². The van der Waals surface area contributed by atoms with E-state index >= 15 is 0 Å². The average Bonchev–Trinajstić information content (AvgIpc) is 3.17. The minimum absolute atomic E-state index is 0.257. The summed E-state index contributed by atoms with van der Waals surface area (Å²) in [5.41, 5.74) is 3.33. The normalized spacial score (nSPS) is 14.3. The number of pyridine rings is 1. The number of methoxy groups -OCH3 is 1. The summed E-state index contributed by atoms with van der Waals surface area (Å²) < 4.78 is 12.3. The molecule has 1 saturated heterocycles. The van der Waals surface area contributed by atoms with E-state index in [2.05, 4.69) is 15.0 Å². The van der Waals surface area contributed by atoms with Crippen molar-refractivity contribution in [2.45, 2.75) is 13.8 Å². The third-order valence-corrected chi connectivity index (χ3v) is 4.97. The predicted octanol–water partition coefficient (Wildman–Crippen LogP) is 2.39. The van der Waals surface area contributed by atoms with Crippen molar-refractivity contribution in [3.63, 3.8) is 0 Å². The zero-order valence-electron chi connectivity index (χ0n) is 16.8. The highest BCUT2D eigenvalue weighted by molar-refractivity contribution is 5.80. The molecule has 0 aromatic carbocycles. The van der Waals surface area contributed by atoms with Crippen molar-refractivity contribution in [1.82, 2.24) is 24.5 Å². The molecular weight excluding hydrogens is 372 g/mol. The Labute approximate surface area is 168 Å². The Morgan fingerprint density at radius 2 is 1.90 bits per heavy atom. The van der Waals surface area contributed by atoms with Crippen LogP contribution in [0, 0.1) is 6.92 Å². The first-order valence-corrected chi connectivity index (χ1v) is 9.63. The van der Waals surface area contributed by atoms with Gasteiger partial charge in [-0.1, -0.05) is 0 Å². The van der Waals surface area contributed by atoms with Gasteiger partial charge < -0.3 is 19.3 Å². The number of anilines is 1. The van der Waals surface area contributed by atoms with Gasteiger partial charge in [0.2, 0.25) is 5.88 Å². The second-order valence-corrected chi connectivity index (χ2v) is 6.79. The Bertz CT molecular complexity index is 1030. The van der Waals surface area contributed by atoms with Crippen LogP contribution in [-0.2, 0) is 4.74 Å². The first-order chi connectivity index (χ1) is 14.1. The van der Waals surface area contributed by atoms with E-state index in [-0.39, 0.29) is 6.09 Å². The molecular formula is C20H24N6O3. The zero-order valence-corrected chi connectivity index (χ0v) is 16.8. The number of aryl methyl sites for hydroxylation is 1. The number of hydrogen-bond donors (Lipinski definition) is 0. The smallest absolute Gasteiger partial charge is 0.409 e. The fourth-order valence-electron chi connectivity index (χ4n) is 3.45. The van der Waals surface area contributed by atoms with Crippen LogP contribution in [0.5, 0.6) is 5.88 Å². The molecule has 0 atom stereocenters. The summed E-state index contributed by atoms with van der Waals surface area (Å²) in [4.78, 5) is 25.1. The molecule has 0 spiro atoms. The van der Waals surface area contributed by atoms with Gasteiger partial charge in [-0.3, -0.25) is 0 Å². The predicted molar refractivity (Wildman–Crippen MR) is 108 cm³/mol. The zero-order chi connectivity index (χ0) is 20.4. The molecule has 152 valence electrons. The van der Waals surface area contributed by atoms with Gasteiger partial charge in [-0.15, -0.1) is 0 Å². The van der Waals surface area contributed by atoms with E-state index in [1.54, 1.807) is 22.7 Å². The Hall–Kier alpha value is -3.36. The number of nitrogens with zero attached hydrogens (tertiary/aromatic N) is 6. The van der Waals surface area contributed by atoms with E-state index in [1.807, 2.05) is 38.2 Å². The molecule has 0 unspecified atom stereocenters. The number of hydrogen-bond acceptors (Lipinski definition) is 7. The molecule has 3 aromatic heterocycles. The van der Waals surface area contributed by atoms with Gasteiger partial charge in [-0.2, -0.15) is 5.10 Å². The van der Waals surface area contributed by atoms with Crippen LogP contribution >= 0.6 is 0 Å². The highest BCUT2D eigenvalue weighted by Crippen LogP contribution is 2.31. The van der Waals surface area contributed by atoms with Gasteiger partial charge in [-0.05, 0) is 32.0 Å². The average molecular weight is 396 g/mol. The molecule has 1 amide bonds. The largest absolute Gasteiger partial charge is 0.481 e. The SMILES string of the molecule is CCOC(=O)N1CCN(c2ccn3ncc(-c4ccc(C)nc4OC)c3n2)CC1. The van der Waals surface area contributed by atoms with Crippen molar-refractivity contribution in [3.05, 3.63) is 36.3 Å². The van der Waals surface area contributed by atoms with Crippen LogP contribution < -0.4 is 9.64 Å². The topological polar surface area (TPSA) is 85.1 Å². The van der Waals surface area contributed by atoms with Gasteiger partial charge in [0.1, 0.15) is 5.82 Å². The van der Waals surface area contributed by atoms with E-state index in [1.165, 1.54) is 0 Å². The molecule has 4 rings (SSSR count). The van der Waals surface area contributed by atoms with Crippen molar-refractivity contribution in [3.8, 4) is 17.0 Å². The summed E-state index contributed by atoms with van der Waals surface area (Å²) >= 11 is 0. The van der Waals surface area contributed by atoms with Crippen LogP contribution in [0.25, 0.3) is 16.8 Å². The van der Waals surface area contributed by atoms with E-state index in [4.69, 9.17) is 14.5 Å². The molecule has 1 fully saturated rings. The molecule has 4 heterocycles. The maximum Gasteiger partial charge on any atom is 0.409 e. The lowest BCUT2D eigenvalue weighted by Crippen LogP contribution is -2.49. The second kappa shape index (κ2) is 7.94.